The number of nitrogens with two attached hydrogens (primary N) is 1. The maximum absolute atomic E-state index is 12.1. The topological polar surface area (TPSA) is 120 Å². The molecule has 0 aliphatic carbocycles. The zero-order valence-corrected chi connectivity index (χ0v) is 13.7. The van der Waals surface area contributed by atoms with Crippen LogP contribution in [0.3, 0.4) is 0 Å². The summed E-state index contributed by atoms with van der Waals surface area (Å²) in [6.07, 6.45) is 2.61. The highest BCUT2D eigenvalue weighted by molar-refractivity contribution is 6.33. The third kappa shape index (κ3) is 4.72. The van der Waals surface area contributed by atoms with Gasteiger partial charge in [0.1, 0.15) is 11.6 Å². The Morgan fingerprint density at radius 1 is 1.38 bits per heavy atom. The largest absolute Gasteiger partial charge is 0.398 e. The molecule has 24 heavy (non-hydrogen) atoms. The molecule has 1 aliphatic heterocycles. The highest BCUT2D eigenvalue weighted by atomic mass is 35.5. The van der Waals surface area contributed by atoms with Gasteiger partial charge in [-0.1, -0.05) is 11.6 Å². The Bertz CT molecular complexity index is 705. The van der Waals surface area contributed by atoms with Gasteiger partial charge in [-0.2, -0.15) is 5.26 Å². The highest BCUT2D eigenvalue weighted by Crippen LogP contribution is 2.22. The minimum Gasteiger partial charge on any atom is -0.398 e. The summed E-state index contributed by atoms with van der Waals surface area (Å²) in [6, 6.07) is 6.37. The van der Waals surface area contributed by atoms with Crippen molar-refractivity contribution in [3.05, 3.63) is 35.0 Å². The molecular weight excluding hydrogens is 330 g/mol. The Morgan fingerprint density at radius 3 is 2.71 bits per heavy atom. The lowest BCUT2D eigenvalue weighted by atomic mass is 9.97. The Labute approximate surface area is 144 Å². The van der Waals surface area contributed by atoms with Gasteiger partial charge in [0.2, 0.25) is 5.91 Å². The summed E-state index contributed by atoms with van der Waals surface area (Å²) >= 11 is 5.88. The van der Waals surface area contributed by atoms with E-state index >= 15 is 0 Å². The summed E-state index contributed by atoms with van der Waals surface area (Å²) in [4.78, 5) is 24.1. The van der Waals surface area contributed by atoms with Gasteiger partial charge in [0.15, 0.2) is 0 Å². The summed E-state index contributed by atoms with van der Waals surface area (Å²) in [5.74, 6) is -0.932. The number of nitrogen functional groups attached to an aromatic ring is 1. The van der Waals surface area contributed by atoms with Crippen LogP contribution in [0.4, 0.5) is 11.4 Å². The predicted octanol–water partition coefficient (Wildman–Crippen LogP) is 1.38. The van der Waals surface area contributed by atoms with E-state index in [0.717, 1.165) is 32.1 Å². The average Bonchev–Trinajstić information content (AvgIpc) is 2.59. The van der Waals surface area contributed by atoms with Gasteiger partial charge in [-0.05, 0) is 44.1 Å². The predicted molar refractivity (Wildman–Crippen MR) is 91.9 cm³/mol. The number of rotatable bonds is 4. The van der Waals surface area contributed by atoms with Crippen LogP contribution in [-0.2, 0) is 9.59 Å². The zero-order chi connectivity index (χ0) is 17.5. The van der Waals surface area contributed by atoms with Gasteiger partial charge in [-0.15, -0.1) is 0 Å². The van der Waals surface area contributed by atoms with Gasteiger partial charge in [0.25, 0.3) is 5.91 Å². The molecule has 0 bridgehead atoms. The number of nitrogens with one attached hydrogen (secondary N) is 3. The summed E-state index contributed by atoms with van der Waals surface area (Å²) in [7, 11) is 0. The SMILES string of the molecule is N#C/C(=C/NC(=O)C1CCNCC1)C(=O)Nc1ccc(N)c(Cl)c1. The number of hydrogen-bond acceptors (Lipinski definition) is 5. The number of piperidine rings is 1. The Balaban J connectivity index is 1.98. The Morgan fingerprint density at radius 2 is 2.08 bits per heavy atom. The molecule has 126 valence electrons. The van der Waals surface area contributed by atoms with Gasteiger partial charge >= 0.3 is 0 Å². The van der Waals surface area contributed by atoms with E-state index in [2.05, 4.69) is 16.0 Å². The molecule has 1 aromatic carbocycles. The molecule has 1 fully saturated rings. The number of anilines is 2. The number of benzene rings is 1. The minimum absolute atomic E-state index is 0.110. The van der Waals surface area contributed by atoms with Crippen molar-refractivity contribution in [2.45, 2.75) is 12.8 Å². The summed E-state index contributed by atoms with van der Waals surface area (Å²) in [5.41, 5.74) is 6.19. The molecule has 1 saturated heterocycles. The quantitative estimate of drug-likeness (QED) is 0.372. The maximum atomic E-state index is 12.1. The lowest BCUT2D eigenvalue weighted by molar-refractivity contribution is -0.124. The number of amides is 2. The summed E-state index contributed by atoms with van der Waals surface area (Å²) in [5, 5.41) is 17.6. The molecule has 2 rings (SSSR count). The number of nitriles is 1. The molecule has 0 saturated carbocycles. The van der Waals surface area contributed by atoms with Gasteiger partial charge in [0, 0.05) is 17.8 Å². The molecule has 2 amide bonds. The molecule has 1 aliphatic rings. The Kier molecular flexibility index (Phi) is 6.18. The lowest BCUT2D eigenvalue weighted by Gasteiger charge is -2.20. The van der Waals surface area contributed by atoms with E-state index in [-0.39, 0.29) is 17.4 Å². The number of carbonyl (C=O) groups excluding carboxylic acids is 2. The van der Waals surface area contributed by atoms with Crippen LogP contribution in [0.2, 0.25) is 5.02 Å². The van der Waals surface area contributed by atoms with Crippen LogP contribution >= 0.6 is 11.6 Å². The molecule has 1 aromatic rings. The summed E-state index contributed by atoms with van der Waals surface area (Å²) < 4.78 is 0. The summed E-state index contributed by atoms with van der Waals surface area (Å²) in [6.45, 7) is 1.57. The van der Waals surface area contributed by atoms with Crippen molar-refractivity contribution in [2.24, 2.45) is 5.92 Å². The number of halogens is 1. The van der Waals surface area contributed by atoms with Crippen molar-refractivity contribution < 1.29 is 9.59 Å². The smallest absolute Gasteiger partial charge is 0.267 e. The Hall–Kier alpha value is -2.56. The van der Waals surface area contributed by atoms with Crippen molar-refractivity contribution in [2.75, 3.05) is 24.1 Å². The van der Waals surface area contributed by atoms with Gasteiger partial charge in [-0.25, -0.2) is 0 Å². The highest BCUT2D eigenvalue weighted by Gasteiger charge is 2.20. The molecule has 0 radical (unpaired) electrons. The van der Waals surface area contributed by atoms with E-state index in [1.54, 1.807) is 18.2 Å². The van der Waals surface area contributed by atoms with Crippen LogP contribution in [0.25, 0.3) is 0 Å². The molecule has 7 nitrogen and oxygen atoms in total. The van der Waals surface area contributed by atoms with E-state index in [4.69, 9.17) is 22.6 Å². The third-order valence-corrected chi connectivity index (χ3v) is 4.02. The first-order valence-corrected chi connectivity index (χ1v) is 7.87. The van der Waals surface area contributed by atoms with Crippen molar-refractivity contribution in [3.63, 3.8) is 0 Å². The van der Waals surface area contributed by atoms with Crippen molar-refractivity contribution in [3.8, 4) is 6.07 Å². The van der Waals surface area contributed by atoms with Gasteiger partial charge in [0.05, 0.1) is 10.7 Å². The molecule has 5 N–H and O–H groups in total. The molecule has 0 spiro atoms. The van der Waals surface area contributed by atoms with E-state index in [0.29, 0.717) is 16.4 Å². The van der Waals surface area contributed by atoms with E-state index in [9.17, 15) is 9.59 Å². The molecule has 8 heteroatoms. The molecule has 0 unspecified atom stereocenters. The minimum atomic E-state index is -0.635. The number of nitrogens with zero attached hydrogens (tertiary/aromatic N) is 1. The average molecular weight is 348 g/mol. The van der Waals surface area contributed by atoms with Crippen LogP contribution in [0.15, 0.2) is 30.0 Å². The fourth-order valence-corrected chi connectivity index (χ4v) is 2.48. The zero-order valence-electron chi connectivity index (χ0n) is 12.9. The number of carbonyl (C=O) groups is 2. The second-order valence-corrected chi connectivity index (χ2v) is 5.80. The van der Waals surface area contributed by atoms with E-state index < -0.39 is 5.91 Å². The molecular formula is C16H18ClN5O2. The second-order valence-electron chi connectivity index (χ2n) is 5.39. The fraction of sp³-hybridized carbons (Fsp3) is 0.312. The number of hydrogen-bond donors (Lipinski definition) is 4. The van der Waals surface area contributed by atoms with Crippen LogP contribution in [0, 0.1) is 17.2 Å². The van der Waals surface area contributed by atoms with E-state index in [1.807, 2.05) is 0 Å². The monoisotopic (exact) mass is 347 g/mol. The molecule has 0 atom stereocenters. The first kappa shape index (κ1) is 17.8. The fourth-order valence-electron chi connectivity index (χ4n) is 2.30. The maximum Gasteiger partial charge on any atom is 0.267 e. The normalized spacial score (nSPS) is 15.4. The van der Waals surface area contributed by atoms with Crippen LogP contribution in [-0.4, -0.2) is 24.9 Å². The van der Waals surface area contributed by atoms with E-state index in [1.165, 1.54) is 6.07 Å². The standard InChI is InChI=1S/C16H18ClN5O2/c17-13-7-12(1-2-14(13)19)22-16(24)11(8-18)9-21-15(23)10-3-5-20-6-4-10/h1-2,7,9-10,20H,3-6,19H2,(H,21,23)(H,22,24)/b11-9-. The van der Waals surface area contributed by atoms with Crippen molar-refractivity contribution in [1.29, 1.82) is 5.26 Å². The van der Waals surface area contributed by atoms with Crippen molar-refractivity contribution >= 4 is 34.8 Å². The first-order chi connectivity index (χ1) is 11.5. The second kappa shape index (κ2) is 8.34. The van der Waals surface area contributed by atoms with Gasteiger partial charge < -0.3 is 21.7 Å². The lowest BCUT2D eigenvalue weighted by Crippen LogP contribution is -2.36. The first-order valence-electron chi connectivity index (χ1n) is 7.49. The third-order valence-electron chi connectivity index (χ3n) is 3.69. The van der Waals surface area contributed by atoms with Crippen LogP contribution in [0.1, 0.15) is 12.8 Å². The van der Waals surface area contributed by atoms with Crippen molar-refractivity contribution in [1.82, 2.24) is 10.6 Å². The van der Waals surface area contributed by atoms with Crippen LogP contribution in [0.5, 0.6) is 0 Å². The van der Waals surface area contributed by atoms with Gasteiger partial charge in [-0.3, -0.25) is 9.59 Å². The molecule has 1 heterocycles. The van der Waals surface area contributed by atoms with Crippen LogP contribution < -0.4 is 21.7 Å². The molecule has 0 aromatic heterocycles.